The van der Waals surface area contributed by atoms with E-state index in [9.17, 15) is 9.90 Å². The van der Waals surface area contributed by atoms with Gasteiger partial charge in [-0.15, -0.1) is 0 Å². The predicted octanol–water partition coefficient (Wildman–Crippen LogP) is 5.36. The zero-order valence-electron chi connectivity index (χ0n) is 12.6. The van der Waals surface area contributed by atoms with E-state index in [2.05, 4.69) is 49.3 Å². The molecule has 23 heavy (non-hydrogen) atoms. The number of halogens is 2. The molecule has 0 atom stereocenters. The number of carbonyl (C=O) groups is 1. The van der Waals surface area contributed by atoms with E-state index >= 15 is 0 Å². The molecule has 0 heterocycles. The lowest BCUT2D eigenvalue weighted by atomic mass is 9.71. The average Bonchev–Trinajstić information content (AvgIpc) is 2.44. The number of phenolic OH excluding ortho intramolecular Hbond substituents is 1. The Bertz CT molecular complexity index is 737. The molecule has 5 heteroatoms. The Morgan fingerprint density at radius 2 is 1.83 bits per heavy atom. The number of carbonyl (C=O) groups excluding carboxylic acids is 1. The summed E-state index contributed by atoms with van der Waals surface area (Å²) in [7, 11) is 0. The van der Waals surface area contributed by atoms with Crippen molar-refractivity contribution in [1.82, 2.24) is 0 Å². The van der Waals surface area contributed by atoms with Crippen molar-refractivity contribution in [3.63, 3.8) is 0 Å². The molecule has 1 fully saturated rings. The molecule has 0 spiro atoms. The van der Waals surface area contributed by atoms with Crippen LogP contribution in [-0.2, 0) is 4.79 Å². The maximum Gasteiger partial charge on any atom is 0.227 e. The molecule has 0 unspecified atom stereocenters. The number of anilines is 1. The molecule has 1 saturated carbocycles. The second-order valence-electron chi connectivity index (χ2n) is 6.05. The number of aromatic hydroxyl groups is 1. The van der Waals surface area contributed by atoms with Gasteiger partial charge < -0.3 is 10.4 Å². The van der Waals surface area contributed by atoms with E-state index in [1.807, 2.05) is 25.1 Å². The summed E-state index contributed by atoms with van der Waals surface area (Å²) in [5, 5.41) is 12.9. The van der Waals surface area contributed by atoms with Gasteiger partial charge in [0.1, 0.15) is 0 Å². The summed E-state index contributed by atoms with van der Waals surface area (Å²) in [6, 6.07) is 11.9. The monoisotopic (exact) mass is 437 g/mol. The Kier molecular flexibility index (Phi) is 4.78. The summed E-state index contributed by atoms with van der Waals surface area (Å²) in [6.45, 7) is 1.92. The fourth-order valence-corrected chi connectivity index (χ4v) is 3.74. The lowest BCUT2D eigenvalue weighted by Crippen LogP contribution is -2.33. The van der Waals surface area contributed by atoms with Crippen LogP contribution in [0.4, 0.5) is 5.69 Å². The Balaban J connectivity index is 1.62. The lowest BCUT2D eigenvalue weighted by molar-refractivity contribution is -0.122. The first-order valence-electron chi connectivity index (χ1n) is 7.49. The highest BCUT2D eigenvalue weighted by Crippen LogP contribution is 2.43. The van der Waals surface area contributed by atoms with Gasteiger partial charge in [0.25, 0.3) is 0 Å². The third kappa shape index (κ3) is 3.61. The van der Waals surface area contributed by atoms with Crippen LogP contribution in [0.15, 0.2) is 45.3 Å². The second-order valence-corrected chi connectivity index (χ2v) is 7.82. The molecular weight excluding hydrogens is 422 g/mol. The minimum absolute atomic E-state index is 0.00216. The van der Waals surface area contributed by atoms with Gasteiger partial charge in [-0.3, -0.25) is 4.79 Å². The molecule has 2 aromatic rings. The van der Waals surface area contributed by atoms with Crippen molar-refractivity contribution in [2.75, 3.05) is 5.32 Å². The van der Waals surface area contributed by atoms with Crippen LogP contribution >= 0.6 is 31.9 Å². The SMILES string of the molecule is Cc1cc(Br)c(O)c(NC(=O)C2CC(c3ccc(Br)cc3)C2)c1. The third-order valence-corrected chi connectivity index (χ3v) is 5.45. The number of rotatable bonds is 3. The molecule has 120 valence electrons. The maximum absolute atomic E-state index is 12.4. The molecule has 2 N–H and O–H groups in total. The van der Waals surface area contributed by atoms with Gasteiger partial charge in [0.2, 0.25) is 5.91 Å². The van der Waals surface area contributed by atoms with Crippen molar-refractivity contribution in [1.29, 1.82) is 0 Å². The Morgan fingerprint density at radius 1 is 1.17 bits per heavy atom. The highest BCUT2D eigenvalue weighted by Gasteiger charge is 2.35. The molecule has 1 amide bonds. The summed E-state index contributed by atoms with van der Waals surface area (Å²) < 4.78 is 1.66. The van der Waals surface area contributed by atoms with Gasteiger partial charge in [-0.05, 0) is 77.0 Å². The molecule has 2 aromatic carbocycles. The van der Waals surface area contributed by atoms with Gasteiger partial charge in [0.15, 0.2) is 5.75 Å². The summed E-state index contributed by atoms with van der Waals surface area (Å²) in [5.74, 6) is 0.498. The number of nitrogens with one attached hydrogen (secondary N) is 1. The fraction of sp³-hybridized carbons (Fsp3) is 0.278. The van der Waals surface area contributed by atoms with Gasteiger partial charge in [-0.2, -0.15) is 0 Å². The standard InChI is InChI=1S/C18H17Br2NO2/c1-10-6-15(20)17(22)16(7-10)21-18(23)13-8-12(9-13)11-2-4-14(19)5-3-11/h2-7,12-13,22H,8-9H2,1H3,(H,21,23). The maximum atomic E-state index is 12.4. The van der Waals surface area contributed by atoms with Gasteiger partial charge in [0, 0.05) is 10.4 Å². The van der Waals surface area contributed by atoms with Gasteiger partial charge in [0.05, 0.1) is 10.2 Å². The van der Waals surface area contributed by atoms with E-state index in [0.717, 1.165) is 22.9 Å². The number of aryl methyl sites for hydroxylation is 1. The van der Waals surface area contributed by atoms with Gasteiger partial charge in [-0.25, -0.2) is 0 Å². The first kappa shape index (κ1) is 16.5. The number of hydrogen-bond acceptors (Lipinski definition) is 2. The van der Waals surface area contributed by atoms with E-state index in [4.69, 9.17) is 0 Å². The number of phenols is 1. The summed E-state index contributed by atoms with van der Waals surface area (Å²) in [4.78, 5) is 12.4. The fourth-order valence-electron chi connectivity index (χ4n) is 2.90. The first-order valence-corrected chi connectivity index (χ1v) is 9.08. The van der Waals surface area contributed by atoms with Crippen LogP contribution in [0.3, 0.4) is 0 Å². The van der Waals surface area contributed by atoms with E-state index in [1.165, 1.54) is 5.56 Å². The number of hydrogen-bond donors (Lipinski definition) is 2. The molecular formula is C18H17Br2NO2. The van der Waals surface area contributed by atoms with Crippen LogP contribution in [0.5, 0.6) is 5.75 Å². The zero-order valence-corrected chi connectivity index (χ0v) is 15.8. The molecule has 0 aromatic heterocycles. The van der Waals surface area contributed by atoms with Crippen molar-refractivity contribution in [3.05, 3.63) is 56.5 Å². The van der Waals surface area contributed by atoms with Crippen LogP contribution < -0.4 is 5.32 Å². The number of amides is 1. The largest absolute Gasteiger partial charge is 0.505 e. The molecule has 0 aliphatic heterocycles. The summed E-state index contributed by atoms with van der Waals surface area (Å²) in [6.07, 6.45) is 1.70. The molecule has 1 aliphatic rings. The smallest absolute Gasteiger partial charge is 0.227 e. The van der Waals surface area contributed by atoms with Gasteiger partial charge in [-0.1, -0.05) is 28.1 Å². The quantitative estimate of drug-likeness (QED) is 0.633. The molecule has 0 radical (unpaired) electrons. The third-order valence-electron chi connectivity index (χ3n) is 4.32. The van der Waals surface area contributed by atoms with Crippen molar-refractivity contribution in [2.24, 2.45) is 5.92 Å². The van der Waals surface area contributed by atoms with Crippen LogP contribution in [-0.4, -0.2) is 11.0 Å². The molecule has 1 aliphatic carbocycles. The van der Waals surface area contributed by atoms with Crippen LogP contribution in [0.2, 0.25) is 0 Å². The van der Waals surface area contributed by atoms with Crippen molar-refractivity contribution in [2.45, 2.75) is 25.7 Å². The van der Waals surface area contributed by atoms with Crippen molar-refractivity contribution >= 4 is 43.5 Å². The topological polar surface area (TPSA) is 49.3 Å². The Labute approximate surface area is 152 Å². The average molecular weight is 439 g/mol. The van der Waals surface area contributed by atoms with E-state index in [1.54, 1.807) is 6.07 Å². The van der Waals surface area contributed by atoms with E-state index in [0.29, 0.717) is 16.1 Å². The summed E-state index contributed by atoms with van der Waals surface area (Å²) >= 11 is 6.73. The second kappa shape index (κ2) is 6.65. The lowest BCUT2D eigenvalue weighted by Gasteiger charge is -2.34. The minimum atomic E-state index is -0.0221. The highest BCUT2D eigenvalue weighted by atomic mass is 79.9. The number of benzene rings is 2. The molecule has 0 saturated heterocycles. The predicted molar refractivity (Wildman–Crippen MR) is 98.8 cm³/mol. The Hall–Kier alpha value is -1.33. The highest BCUT2D eigenvalue weighted by molar-refractivity contribution is 9.10. The molecule has 3 rings (SSSR count). The van der Waals surface area contributed by atoms with Crippen LogP contribution in [0.25, 0.3) is 0 Å². The van der Waals surface area contributed by atoms with Crippen LogP contribution in [0, 0.1) is 12.8 Å². The minimum Gasteiger partial charge on any atom is -0.505 e. The van der Waals surface area contributed by atoms with Crippen molar-refractivity contribution < 1.29 is 9.90 Å². The molecule has 3 nitrogen and oxygen atoms in total. The van der Waals surface area contributed by atoms with Crippen molar-refractivity contribution in [3.8, 4) is 5.75 Å². The molecule has 0 bridgehead atoms. The Morgan fingerprint density at radius 3 is 2.48 bits per heavy atom. The van der Waals surface area contributed by atoms with Crippen LogP contribution in [0.1, 0.15) is 29.9 Å². The normalized spacial score (nSPS) is 20.0. The summed E-state index contributed by atoms with van der Waals surface area (Å²) in [5.41, 5.74) is 2.72. The first-order chi connectivity index (χ1) is 10.9. The van der Waals surface area contributed by atoms with Gasteiger partial charge >= 0.3 is 0 Å². The van der Waals surface area contributed by atoms with E-state index < -0.39 is 0 Å². The zero-order chi connectivity index (χ0) is 16.6. The van der Waals surface area contributed by atoms with E-state index in [-0.39, 0.29) is 17.6 Å².